The second kappa shape index (κ2) is 7.04. The summed E-state index contributed by atoms with van der Waals surface area (Å²) in [6, 6.07) is 8.29. The van der Waals surface area contributed by atoms with Gasteiger partial charge in [-0.05, 0) is 19.0 Å². The first-order valence-corrected chi connectivity index (χ1v) is 6.94. The molecule has 2 rings (SSSR count). The lowest BCUT2D eigenvalue weighted by Gasteiger charge is -2.20. The van der Waals surface area contributed by atoms with Gasteiger partial charge in [0.1, 0.15) is 5.69 Å². The Hall–Kier alpha value is -2.14. The van der Waals surface area contributed by atoms with E-state index in [4.69, 9.17) is 9.47 Å². The molecule has 5 heteroatoms. The van der Waals surface area contributed by atoms with Crippen LogP contribution in [-0.4, -0.2) is 30.7 Å². The van der Waals surface area contributed by atoms with Gasteiger partial charge in [-0.15, -0.1) is 0 Å². The topological polar surface area (TPSA) is 56.3 Å². The molecule has 112 valence electrons. The predicted octanol–water partition coefficient (Wildman–Crippen LogP) is 2.50. The van der Waals surface area contributed by atoms with E-state index in [0.717, 1.165) is 17.8 Å². The number of benzene rings is 1. The molecule has 0 aliphatic heterocycles. The van der Waals surface area contributed by atoms with Crippen molar-refractivity contribution in [1.29, 1.82) is 0 Å². The maximum atomic E-state index is 5.37. The second-order valence-corrected chi connectivity index (χ2v) is 4.71. The van der Waals surface area contributed by atoms with Crippen molar-refractivity contribution in [1.82, 2.24) is 15.3 Å². The van der Waals surface area contributed by atoms with Crippen molar-refractivity contribution in [2.75, 3.05) is 20.8 Å². The lowest BCUT2D eigenvalue weighted by molar-refractivity contribution is 0.352. The predicted molar refractivity (Wildman–Crippen MR) is 81.8 cm³/mol. The lowest BCUT2D eigenvalue weighted by atomic mass is 10.0. The van der Waals surface area contributed by atoms with Gasteiger partial charge in [0.15, 0.2) is 0 Å². The van der Waals surface area contributed by atoms with Crippen molar-refractivity contribution in [3.05, 3.63) is 47.3 Å². The zero-order valence-corrected chi connectivity index (χ0v) is 12.9. The third kappa shape index (κ3) is 3.49. The number of hydrogen-bond acceptors (Lipinski definition) is 5. The van der Waals surface area contributed by atoms with Crippen LogP contribution in [-0.2, 0) is 0 Å². The fourth-order valence-corrected chi connectivity index (χ4v) is 2.15. The summed E-state index contributed by atoms with van der Waals surface area (Å²) >= 11 is 0. The van der Waals surface area contributed by atoms with Gasteiger partial charge >= 0.3 is 0 Å². The molecule has 0 saturated carbocycles. The molecule has 5 nitrogen and oxygen atoms in total. The minimum atomic E-state index is -0.0658. The van der Waals surface area contributed by atoms with Crippen LogP contribution in [0.4, 0.5) is 0 Å². The van der Waals surface area contributed by atoms with Crippen LogP contribution in [0.2, 0.25) is 0 Å². The Balaban J connectivity index is 2.44. The van der Waals surface area contributed by atoms with E-state index in [0.29, 0.717) is 11.8 Å². The number of hydrogen-bond donors (Lipinski definition) is 1. The molecule has 1 heterocycles. The fraction of sp³-hybridized carbons (Fsp3) is 0.375. The van der Waals surface area contributed by atoms with E-state index < -0.39 is 0 Å². The zero-order chi connectivity index (χ0) is 15.2. The highest BCUT2D eigenvalue weighted by Gasteiger charge is 2.20. The highest BCUT2D eigenvalue weighted by atomic mass is 16.5. The Morgan fingerprint density at radius 3 is 2.43 bits per heavy atom. The number of aromatic nitrogens is 2. The molecule has 0 saturated heterocycles. The van der Waals surface area contributed by atoms with Crippen LogP contribution >= 0.6 is 0 Å². The molecule has 1 aromatic carbocycles. The monoisotopic (exact) mass is 287 g/mol. The number of rotatable bonds is 6. The summed E-state index contributed by atoms with van der Waals surface area (Å²) < 4.78 is 10.5. The van der Waals surface area contributed by atoms with E-state index in [2.05, 4.69) is 53.4 Å². The lowest BCUT2D eigenvalue weighted by Crippen LogP contribution is -2.24. The van der Waals surface area contributed by atoms with E-state index in [1.165, 1.54) is 5.56 Å². The third-order valence-electron chi connectivity index (χ3n) is 3.24. The van der Waals surface area contributed by atoms with E-state index in [9.17, 15) is 0 Å². The number of aryl methyl sites for hydroxylation is 1. The smallest absolute Gasteiger partial charge is 0.240 e. The highest BCUT2D eigenvalue weighted by molar-refractivity contribution is 5.35. The van der Waals surface area contributed by atoms with Crippen molar-refractivity contribution in [2.45, 2.75) is 19.9 Å². The standard InChI is InChI=1S/C16H21N3O2/c1-5-17-14(12-8-6-11(2)7-9-12)15-16(21-4)19-13(20-3)10-18-15/h6-10,14,17H,5H2,1-4H3. The SMILES string of the molecule is CCNC(c1ccc(C)cc1)c1ncc(OC)nc1OC. The first kappa shape index (κ1) is 15.3. The van der Waals surface area contributed by atoms with Crippen molar-refractivity contribution < 1.29 is 9.47 Å². The van der Waals surface area contributed by atoms with Gasteiger partial charge in [-0.25, -0.2) is 4.98 Å². The van der Waals surface area contributed by atoms with E-state index in [1.54, 1.807) is 20.4 Å². The number of nitrogens with one attached hydrogen (secondary N) is 1. The van der Waals surface area contributed by atoms with Crippen molar-refractivity contribution >= 4 is 0 Å². The van der Waals surface area contributed by atoms with E-state index in [1.807, 2.05) is 0 Å². The van der Waals surface area contributed by atoms with Gasteiger partial charge < -0.3 is 14.8 Å². The average molecular weight is 287 g/mol. The van der Waals surface area contributed by atoms with E-state index in [-0.39, 0.29) is 6.04 Å². The molecule has 1 aromatic heterocycles. The summed E-state index contributed by atoms with van der Waals surface area (Å²) in [5.74, 6) is 0.913. The Morgan fingerprint density at radius 1 is 1.14 bits per heavy atom. The van der Waals surface area contributed by atoms with Crippen LogP contribution < -0.4 is 14.8 Å². The molecule has 21 heavy (non-hydrogen) atoms. The number of nitrogens with zero attached hydrogens (tertiary/aromatic N) is 2. The zero-order valence-electron chi connectivity index (χ0n) is 12.9. The molecule has 0 aliphatic rings. The van der Waals surface area contributed by atoms with E-state index >= 15 is 0 Å². The summed E-state index contributed by atoms with van der Waals surface area (Å²) in [6.45, 7) is 4.94. The van der Waals surface area contributed by atoms with Gasteiger partial charge in [-0.2, -0.15) is 4.98 Å². The summed E-state index contributed by atoms with van der Waals surface area (Å²) in [4.78, 5) is 8.77. The van der Waals surface area contributed by atoms with Gasteiger partial charge in [0.2, 0.25) is 11.8 Å². The summed E-state index contributed by atoms with van der Waals surface area (Å²) in [6.07, 6.45) is 1.61. The van der Waals surface area contributed by atoms with Crippen LogP contribution in [0.3, 0.4) is 0 Å². The van der Waals surface area contributed by atoms with Crippen LogP contribution in [0, 0.1) is 6.92 Å². The molecule has 0 radical (unpaired) electrons. The summed E-state index contributed by atoms with van der Waals surface area (Å²) in [5.41, 5.74) is 3.10. The molecule has 1 atom stereocenters. The molecule has 0 fully saturated rings. The van der Waals surface area contributed by atoms with Crippen LogP contribution in [0.1, 0.15) is 29.8 Å². The average Bonchev–Trinajstić information content (AvgIpc) is 2.53. The molecule has 0 amide bonds. The van der Waals surface area contributed by atoms with Crippen molar-refractivity contribution in [2.24, 2.45) is 0 Å². The third-order valence-corrected chi connectivity index (χ3v) is 3.24. The molecule has 0 spiro atoms. The quantitative estimate of drug-likeness (QED) is 0.884. The van der Waals surface area contributed by atoms with Crippen LogP contribution in [0.15, 0.2) is 30.5 Å². The first-order valence-electron chi connectivity index (χ1n) is 6.94. The first-order chi connectivity index (χ1) is 10.2. The van der Waals surface area contributed by atoms with Gasteiger partial charge in [-0.1, -0.05) is 36.8 Å². The second-order valence-electron chi connectivity index (χ2n) is 4.71. The van der Waals surface area contributed by atoms with Crippen LogP contribution in [0.5, 0.6) is 11.8 Å². The molecule has 1 N–H and O–H groups in total. The van der Waals surface area contributed by atoms with Gasteiger partial charge in [0.05, 0.1) is 26.5 Å². The molecule has 0 aliphatic carbocycles. The minimum Gasteiger partial charge on any atom is -0.480 e. The van der Waals surface area contributed by atoms with Gasteiger partial charge in [0.25, 0.3) is 0 Å². The Kier molecular flexibility index (Phi) is 5.11. The molecular formula is C16H21N3O2. The Morgan fingerprint density at radius 2 is 1.86 bits per heavy atom. The summed E-state index contributed by atoms with van der Waals surface area (Å²) in [7, 11) is 3.15. The Labute approximate surface area is 125 Å². The number of ether oxygens (including phenoxy) is 2. The maximum Gasteiger partial charge on any atom is 0.240 e. The highest BCUT2D eigenvalue weighted by Crippen LogP contribution is 2.28. The fourth-order valence-electron chi connectivity index (χ4n) is 2.15. The molecular weight excluding hydrogens is 266 g/mol. The summed E-state index contributed by atoms with van der Waals surface area (Å²) in [5, 5.41) is 3.42. The van der Waals surface area contributed by atoms with Gasteiger partial charge in [-0.3, -0.25) is 0 Å². The molecule has 2 aromatic rings. The largest absolute Gasteiger partial charge is 0.480 e. The maximum absolute atomic E-state index is 5.37. The normalized spacial score (nSPS) is 12.0. The minimum absolute atomic E-state index is 0.0658. The Bertz CT molecular complexity index is 585. The van der Waals surface area contributed by atoms with Crippen molar-refractivity contribution in [3.63, 3.8) is 0 Å². The van der Waals surface area contributed by atoms with Crippen LogP contribution in [0.25, 0.3) is 0 Å². The molecule has 0 bridgehead atoms. The van der Waals surface area contributed by atoms with Crippen molar-refractivity contribution in [3.8, 4) is 11.8 Å². The number of methoxy groups -OCH3 is 2. The molecule has 1 unspecified atom stereocenters. The van der Waals surface area contributed by atoms with Gasteiger partial charge in [0, 0.05) is 0 Å².